The van der Waals surface area contributed by atoms with Crippen molar-refractivity contribution in [1.29, 1.82) is 0 Å². The summed E-state index contributed by atoms with van der Waals surface area (Å²) < 4.78 is 0. The van der Waals surface area contributed by atoms with E-state index < -0.39 is 0 Å². The smallest absolute Gasteiger partial charge is 0.0360 e. The van der Waals surface area contributed by atoms with Crippen molar-refractivity contribution in [1.82, 2.24) is 9.80 Å². The molecule has 2 rings (SSSR count). The van der Waals surface area contributed by atoms with Crippen molar-refractivity contribution in [3.63, 3.8) is 0 Å². The fourth-order valence-corrected chi connectivity index (χ4v) is 4.06. The van der Waals surface area contributed by atoms with Gasteiger partial charge in [0.15, 0.2) is 0 Å². The van der Waals surface area contributed by atoms with Crippen LogP contribution in [0.1, 0.15) is 39.5 Å². The summed E-state index contributed by atoms with van der Waals surface area (Å²) in [5, 5.41) is 0. The van der Waals surface area contributed by atoms with E-state index in [1.165, 1.54) is 51.9 Å². The molecule has 3 heteroatoms. The largest absolute Gasteiger partial charge is 0.329 e. The highest BCUT2D eigenvalue weighted by molar-refractivity contribution is 5.00. The summed E-state index contributed by atoms with van der Waals surface area (Å²) in [6, 6.07) is 0. The van der Waals surface area contributed by atoms with Crippen molar-refractivity contribution in [3.8, 4) is 0 Å². The molecule has 2 fully saturated rings. The topological polar surface area (TPSA) is 32.5 Å². The lowest BCUT2D eigenvalue weighted by molar-refractivity contribution is -0.000929. The summed E-state index contributed by atoms with van der Waals surface area (Å²) in [6.45, 7) is 10.5. The van der Waals surface area contributed by atoms with Crippen LogP contribution < -0.4 is 5.73 Å². The van der Waals surface area contributed by atoms with E-state index in [1.807, 2.05) is 0 Å². The zero-order valence-electron chi connectivity index (χ0n) is 12.5. The molecule has 0 radical (unpaired) electrons. The Bertz CT molecular complexity index is 268. The van der Waals surface area contributed by atoms with Gasteiger partial charge >= 0.3 is 0 Å². The number of hydrogen-bond acceptors (Lipinski definition) is 3. The van der Waals surface area contributed by atoms with Crippen molar-refractivity contribution < 1.29 is 0 Å². The van der Waals surface area contributed by atoms with Crippen LogP contribution in [-0.4, -0.2) is 55.1 Å². The van der Waals surface area contributed by atoms with Gasteiger partial charge in [0.1, 0.15) is 0 Å². The minimum atomic E-state index is 0.281. The highest BCUT2D eigenvalue weighted by Crippen LogP contribution is 2.40. The number of likely N-dealkylation sites (N-methyl/N-ethyl adjacent to an activating group) is 1. The highest BCUT2D eigenvalue weighted by atomic mass is 15.3. The van der Waals surface area contributed by atoms with Gasteiger partial charge < -0.3 is 10.6 Å². The molecule has 2 aliphatic rings. The Balaban J connectivity index is 2.14. The SMILES string of the molecule is CC1CCC(C)C(CN)(N2CCCN(C)CC2)C1. The minimum Gasteiger partial charge on any atom is -0.329 e. The summed E-state index contributed by atoms with van der Waals surface area (Å²) >= 11 is 0. The molecule has 1 saturated carbocycles. The van der Waals surface area contributed by atoms with E-state index in [1.54, 1.807) is 0 Å². The molecule has 1 aliphatic heterocycles. The third-order valence-electron chi connectivity index (χ3n) is 5.41. The van der Waals surface area contributed by atoms with Crippen molar-refractivity contribution >= 4 is 0 Å². The molecule has 1 heterocycles. The van der Waals surface area contributed by atoms with Crippen LogP contribution in [0.15, 0.2) is 0 Å². The minimum absolute atomic E-state index is 0.281. The van der Waals surface area contributed by atoms with Gasteiger partial charge in [-0.1, -0.05) is 20.3 Å². The molecule has 18 heavy (non-hydrogen) atoms. The second kappa shape index (κ2) is 5.89. The standard InChI is InChI=1S/C15H31N3/c1-13-5-6-14(2)15(11-13,12-16)18-8-4-7-17(3)9-10-18/h13-14H,4-12,16H2,1-3H3. The first-order valence-corrected chi connectivity index (χ1v) is 7.72. The first kappa shape index (κ1) is 14.3. The molecule has 0 aromatic heterocycles. The number of nitrogens with two attached hydrogens (primary N) is 1. The van der Waals surface area contributed by atoms with Gasteiger partial charge in [-0.05, 0) is 44.7 Å². The van der Waals surface area contributed by atoms with E-state index in [4.69, 9.17) is 5.73 Å². The van der Waals surface area contributed by atoms with Gasteiger partial charge in [0.05, 0.1) is 0 Å². The maximum absolute atomic E-state index is 6.25. The summed E-state index contributed by atoms with van der Waals surface area (Å²) in [5.41, 5.74) is 6.53. The quantitative estimate of drug-likeness (QED) is 0.814. The van der Waals surface area contributed by atoms with Crippen LogP contribution in [0.2, 0.25) is 0 Å². The van der Waals surface area contributed by atoms with Crippen molar-refractivity contribution in [2.75, 3.05) is 39.8 Å². The third-order valence-corrected chi connectivity index (χ3v) is 5.41. The van der Waals surface area contributed by atoms with Crippen LogP contribution in [0.5, 0.6) is 0 Å². The average molecular weight is 253 g/mol. The maximum Gasteiger partial charge on any atom is 0.0360 e. The normalized spacial score (nSPS) is 40.7. The summed E-state index contributed by atoms with van der Waals surface area (Å²) in [6.07, 6.45) is 5.33. The van der Waals surface area contributed by atoms with E-state index in [-0.39, 0.29) is 5.54 Å². The van der Waals surface area contributed by atoms with E-state index in [9.17, 15) is 0 Å². The van der Waals surface area contributed by atoms with Crippen LogP contribution in [0.3, 0.4) is 0 Å². The first-order chi connectivity index (χ1) is 8.58. The molecule has 106 valence electrons. The van der Waals surface area contributed by atoms with Crippen molar-refractivity contribution in [2.45, 2.75) is 45.1 Å². The number of hydrogen-bond donors (Lipinski definition) is 1. The summed E-state index contributed by atoms with van der Waals surface area (Å²) in [5.74, 6) is 1.59. The van der Waals surface area contributed by atoms with Crippen LogP contribution in [0.25, 0.3) is 0 Å². The van der Waals surface area contributed by atoms with E-state index >= 15 is 0 Å². The highest BCUT2D eigenvalue weighted by Gasteiger charge is 2.44. The average Bonchev–Trinajstić information content (AvgIpc) is 2.57. The lowest BCUT2D eigenvalue weighted by Crippen LogP contribution is -2.61. The molecule has 1 saturated heterocycles. The predicted octanol–water partition coefficient (Wildman–Crippen LogP) is 1.78. The lowest BCUT2D eigenvalue weighted by atomic mass is 9.68. The molecule has 0 aromatic rings. The van der Waals surface area contributed by atoms with E-state index in [0.717, 1.165) is 18.4 Å². The van der Waals surface area contributed by atoms with Crippen molar-refractivity contribution in [3.05, 3.63) is 0 Å². The lowest BCUT2D eigenvalue weighted by Gasteiger charge is -2.51. The Kier molecular flexibility index (Phi) is 4.68. The fraction of sp³-hybridized carbons (Fsp3) is 1.00. The van der Waals surface area contributed by atoms with Gasteiger partial charge in [0.2, 0.25) is 0 Å². The molecule has 0 amide bonds. The van der Waals surface area contributed by atoms with Crippen LogP contribution in [0, 0.1) is 11.8 Å². The van der Waals surface area contributed by atoms with E-state index in [0.29, 0.717) is 0 Å². The van der Waals surface area contributed by atoms with Gasteiger partial charge in [0, 0.05) is 31.7 Å². The molecule has 3 unspecified atom stereocenters. The van der Waals surface area contributed by atoms with Crippen LogP contribution in [0.4, 0.5) is 0 Å². The summed E-state index contributed by atoms with van der Waals surface area (Å²) in [4.78, 5) is 5.19. The Morgan fingerprint density at radius 2 is 1.89 bits per heavy atom. The second-order valence-corrected chi connectivity index (χ2v) is 6.74. The maximum atomic E-state index is 6.25. The van der Waals surface area contributed by atoms with Gasteiger partial charge in [-0.3, -0.25) is 4.90 Å². The molecule has 1 aliphatic carbocycles. The zero-order chi connectivity index (χ0) is 13.2. The third kappa shape index (κ3) is 2.73. The van der Waals surface area contributed by atoms with Gasteiger partial charge in [0.25, 0.3) is 0 Å². The molecule has 0 aromatic carbocycles. The number of nitrogens with zero attached hydrogens (tertiary/aromatic N) is 2. The number of rotatable bonds is 2. The van der Waals surface area contributed by atoms with Crippen molar-refractivity contribution in [2.24, 2.45) is 17.6 Å². The zero-order valence-corrected chi connectivity index (χ0v) is 12.5. The van der Waals surface area contributed by atoms with Crippen LogP contribution >= 0.6 is 0 Å². The van der Waals surface area contributed by atoms with Gasteiger partial charge in [-0.25, -0.2) is 0 Å². The Hall–Kier alpha value is -0.120. The molecule has 3 atom stereocenters. The Morgan fingerprint density at radius 1 is 1.11 bits per heavy atom. The monoisotopic (exact) mass is 253 g/mol. The Morgan fingerprint density at radius 3 is 2.61 bits per heavy atom. The summed E-state index contributed by atoms with van der Waals surface area (Å²) in [7, 11) is 2.24. The van der Waals surface area contributed by atoms with Gasteiger partial charge in [-0.2, -0.15) is 0 Å². The van der Waals surface area contributed by atoms with Gasteiger partial charge in [-0.15, -0.1) is 0 Å². The molecule has 0 spiro atoms. The van der Waals surface area contributed by atoms with Crippen LogP contribution in [-0.2, 0) is 0 Å². The molecule has 0 bridgehead atoms. The molecule has 2 N–H and O–H groups in total. The molecular weight excluding hydrogens is 222 g/mol. The predicted molar refractivity (Wildman–Crippen MR) is 77.7 cm³/mol. The second-order valence-electron chi connectivity index (χ2n) is 6.74. The fourth-order valence-electron chi connectivity index (χ4n) is 4.06. The molecule has 3 nitrogen and oxygen atoms in total. The van der Waals surface area contributed by atoms with E-state index in [2.05, 4.69) is 30.7 Å². The molecular formula is C15H31N3. The first-order valence-electron chi connectivity index (χ1n) is 7.72. The Labute approximate surface area is 113 Å².